The minimum absolute atomic E-state index is 0.0624. The Morgan fingerprint density at radius 3 is 2.68 bits per heavy atom. The standard InChI is InChI=1S/C18H15ClO6/c1-3-22-17(20)12-7-8-23-14(12)9-24-18(21)15-10(2)11-5-4-6-13(19)16(11)25-15/h4-8H,3,9H2,1-2H3. The van der Waals surface area contributed by atoms with E-state index in [4.69, 9.17) is 29.9 Å². The number of ether oxygens (including phenoxy) is 2. The van der Waals surface area contributed by atoms with Crippen molar-refractivity contribution in [3.63, 3.8) is 0 Å². The van der Waals surface area contributed by atoms with Gasteiger partial charge in [0.05, 0.1) is 17.9 Å². The number of para-hydroxylation sites is 1. The maximum atomic E-state index is 12.3. The Labute approximate surface area is 148 Å². The number of hydrogen-bond donors (Lipinski definition) is 0. The van der Waals surface area contributed by atoms with Crippen LogP contribution in [0.4, 0.5) is 0 Å². The first-order chi connectivity index (χ1) is 12.0. The van der Waals surface area contributed by atoms with Gasteiger partial charge in [-0.15, -0.1) is 0 Å². The minimum Gasteiger partial charge on any atom is -0.465 e. The smallest absolute Gasteiger partial charge is 0.375 e. The summed E-state index contributed by atoms with van der Waals surface area (Å²) in [5, 5.41) is 1.15. The molecule has 0 aliphatic rings. The molecule has 25 heavy (non-hydrogen) atoms. The second-order valence-corrected chi connectivity index (χ2v) is 5.63. The van der Waals surface area contributed by atoms with Crippen molar-refractivity contribution in [1.29, 1.82) is 0 Å². The number of aryl methyl sites for hydroxylation is 1. The van der Waals surface area contributed by atoms with Gasteiger partial charge in [-0.1, -0.05) is 23.7 Å². The summed E-state index contributed by atoms with van der Waals surface area (Å²) >= 11 is 6.08. The van der Waals surface area contributed by atoms with Crippen LogP contribution >= 0.6 is 11.6 Å². The fourth-order valence-corrected chi connectivity index (χ4v) is 2.66. The van der Waals surface area contributed by atoms with Crippen LogP contribution < -0.4 is 0 Å². The molecular formula is C18H15ClO6. The van der Waals surface area contributed by atoms with Gasteiger partial charge >= 0.3 is 11.9 Å². The molecule has 0 saturated carbocycles. The third-order valence-corrected chi connectivity index (χ3v) is 3.97. The van der Waals surface area contributed by atoms with Crippen LogP contribution in [0.3, 0.4) is 0 Å². The van der Waals surface area contributed by atoms with E-state index in [0.717, 1.165) is 5.39 Å². The first kappa shape index (κ1) is 17.1. The first-order valence-corrected chi connectivity index (χ1v) is 7.99. The van der Waals surface area contributed by atoms with E-state index in [1.165, 1.54) is 12.3 Å². The summed E-state index contributed by atoms with van der Waals surface area (Å²) in [7, 11) is 0. The predicted octanol–water partition coefficient (Wildman–Crippen LogP) is 4.52. The summed E-state index contributed by atoms with van der Waals surface area (Å²) in [6.45, 7) is 3.47. The van der Waals surface area contributed by atoms with Crippen molar-refractivity contribution in [2.24, 2.45) is 0 Å². The van der Waals surface area contributed by atoms with E-state index in [2.05, 4.69) is 0 Å². The van der Waals surface area contributed by atoms with E-state index in [0.29, 0.717) is 16.2 Å². The fraction of sp³-hybridized carbons (Fsp3) is 0.222. The molecule has 0 fully saturated rings. The molecule has 0 amide bonds. The third-order valence-electron chi connectivity index (χ3n) is 3.68. The number of carbonyl (C=O) groups excluding carboxylic acids is 2. The van der Waals surface area contributed by atoms with Crippen molar-refractivity contribution in [2.45, 2.75) is 20.5 Å². The molecule has 3 rings (SSSR count). The molecule has 130 valence electrons. The topological polar surface area (TPSA) is 78.9 Å². The largest absolute Gasteiger partial charge is 0.465 e. The van der Waals surface area contributed by atoms with Crippen molar-refractivity contribution >= 4 is 34.5 Å². The zero-order valence-electron chi connectivity index (χ0n) is 13.6. The lowest BCUT2D eigenvalue weighted by atomic mass is 10.1. The van der Waals surface area contributed by atoms with Crippen molar-refractivity contribution in [3.8, 4) is 0 Å². The molecule has 0 unspecified atom stereocenters. The monoisotopic (exact) mass is 362 g/mol. The van der Waals surface area contributed by atoms with Crippen LogP contribution in [-0.4, -0.2) is 18.5 Å². The lowest BCUT2D eigenvalue weighted by Gasteiger charge is -2.04. The highest BCUT2D eigenvalue weighted by atomic mass is 35.5. The predicted molar refractivity (Wildman–Crippen MR) is 89.7 cm³/mol. The molecule has 0 spiro atoms. The van der Waals surface area contributed by atoms with Crippen molar-refractivity contribution in [3.05, 3.63) is 58.2 Å². The summed E-state index contributed by atoms with van der Waals surface area (Å²) in [5.74, 6) is -0.934. The number of halogens is 1. The lowest BCUT2D eigenvalue weighted by Crippen LogP contribution is -2.09. The van der Waals surface area contributed by atoms with Crippen LogP contribution in [0.1, 0.15) is 39.2 Å². The summed E-state index contributed by atoms with van der Waals surface area (Å²) in [6, 6.07) is 6.72. The van der Waals surface area contributed by atoms with Gasteiger partial charge in [0, 0.05) is 10.9 Å². The number of furan rings is 2. The SMILES string of the molecule is CCOC(=O)c1ccoc1COC(=O)c1oc2c(Cl)cccc2c1C. The Kier molecular flexibility index (Phi) is 4.81. The molecule has 0 radical (unpaired) electrons. The second kappa shape index (κ2) is 7.03. The summed E-state index contributed by atoms with van der Waals surface area (Å²) in [5.41, 5.74) is 1.28. The normalized spacial score (nSPS) is 10.8. The van der Waals surface area contributed by atoms with Crippen LogP contribution in [0, 0.1) is 6.92 Å². The molecule has 6 nitrogen and oxygen atoms in total. The van der Waals surface area contributed by atoms with Crippen molar-refractivity contribution in [2.75, 3.05) is 6.61 Å². The number of rotatable bonds is 5. The molecule has 0 N–H and O–H groups in total. The number of carbonyl (C=O) groups is 2. The van der Waals surface area contributed by atoms with Gasteiger partial charge in [-0.25, -0.2) is 9.59 Å². The second-order valence-electron chi connectivity index (χ2n) is 5.23. The Morgan fingerprint density at radius 1 is 1.16 bits per heavy atom. The van der Waals surface area contributed by atoms with Gasteiger partial charge in [0.1, 0.15) is 5.56 Å². The summed E-state index contributed by atoms with van der Waals surface area (Å²) < 4.78 is 20.9. The Balaban J connectivity index is 1.78. The van der Waals surface area contributed by atoms with Gasteiger partial charge in [-0.3, -0.25) is 0 Å². The molecule has 0 aliphatic heterocycles. The number of esters is 2. The zero-order valence-corrected chi connectivity index (χ0v) is 14.4. The highest BCUT2D eigenvalue weighted by molar-refractivity contribution is 6.35. The molecule has 0 aliphatic carbocycles. The molecular weight excluding hydrogens is 348 g/mol. The van der Waals surface area contributed by atoms with Crippen molar-refractivity contribution < 1.29 is 27.9 Å². The van der Waals surface area contributed by atoms with Gasteiger partial charge in [-0.05, 0) is 26.0 Å². The Hall–Kier alpha value is -2.73. The van der Waals surface area contributed by atoms with E-state index in [9.17, 15) is 9.59 Å². The van der Waals surface area contributed by atoms with E-state index in [-0.39, 0.29) is 30.3 Å². The summed E-state index contributed by atoms with van der Waals surface area (Å²) in [4.78, 5) is 24.1. The van der Waals surface area contributed by atoms with Gasteiger partial charge < -0.3 is 18.3 Å². The van der Waals surface area contributed by atoms with E-state index in [1.54, 1.807) is 26.0 Å². The molecule has 2 heterocycles. The molecule has 0 saturated heterocycles. The van der Waals surface area contributed by atoms with Crippen LogP contribution in [0.25, 0.3) is 11.0 Å². The quantitative estimate of drug-likeness (QED) is 0.621. The number of fused-ring (bicyclic) bond motifs is 1. The molecule has 2 aromatic heterocycles. The van der Waals surface area contributed by atoms with Crippen LogP contribution in [0.2, 0.25) is 5.02 Å². The molecule has 0 bridgehead atoms. The maximum Gasteiger partial charge on any atom is 0.375 e. The fourth-order valence-electron chi connectivity index (χ4n) is 2.44. The summed E-state index contributed by atoms with van der Waals surface area (Å²) in [6.07, 6.45) is 1.33. The van der Waals surface area contributed by atoms with Crippen LogP contribution in [-0.2, 0) is 16.1 Å². The number of benzene rings is 1. The molecule has 7 heteroatoms. The maximum absolute atomic E-state index is 12.3. The lowest BCUT2D eigenvalue weighted by molar-refractivity contribution is 0.0393. The van der Waals surface area contributed by atoms with Crippen LogP contribution in [0.15, 0.2) is 39.4 Å². The number of hydrogen-bond acceptors (Lipinski definition) is 6. The van der Waals surface area contributed by atoms with Gasteiger partial charge in [-0.2, -0.15) is 0 Å². The highest BCUT2D eigenvalue weighted by Gasteiger charge is 2.22. The average molecular weight is 363 g/mol. The average Bonchev–Trinajstić information content (AvgIpc) is 3.19. The third kappa shape index (κ3) is 3.25. The zero-order chi connectivity index (χ0) is 18.0. The molecule has 0 atom stereocenters. The Bertz CT molecular complexity index is 936. The molecule has 1 aromatic carbocycles. The molecule has 3 aromatic rings. The van der Waals surface area contributed by atoms with Gasteiger partial charge in [0.25, 0.3) is 0 Å². The van der Waals surface area contributed by atoms with E-state index >= 15 is 0 Å². The highest BCUT2D eigenvalue weighted by Crippen LogP contribution is 2.31. The minimum atomic E-state index is -0.670. The van der Waals surface area contributed by atoms with Gasteiger partial charge in [0.15, 0.2) is 18.0 Å². The Morgan fingerprint density at radius 2 is 1.96 bits per heavy atom. The van der Waals surface area contributed by atoms with E-state index in [1.807, 2.05) is 6.07 Å². The first-order valence-electron chi connectivity index (χ1n) is 7.61. The van der Waals surface area contributed by atoms with Crippen LogP contribution in [0.5, 0.6) is 0 Å². The van der Waals surface area contributed by atoms with E-state index < -0.39 is 11.9 Å². The van der Waals surface area contributed by atoms with Gasteiger partial charge in [0.2, 0.25) is 5.76 Å². The van der Waals surface area contributed by atoms with Crippen molar-refractivity contribution in [1.82, 2.24) is 0 Å².